The summed E-state index contributed by atoms with van der Waals surface area (Å²) >= 11 is 5.94. The van der Waals surface area contributed by atoms with Gasteiger partial charge in [-0.05, 0) is 31.0 Å². The Hall–Kier alpha value is -1.22. The molecule has 0 aromatic heterocycles. The van der Waals surface area contributed by atoms with Crippen molar-refractivity contribution in [2.75, 3.05) is 18.0 Å². The molecule has 1 fully saturated rings. The Balaban J connectivity index is 2.12. The Morgan fingerprint density at radius 2 is 2.31 bits per heavy atom. The van der Waals surface area contributed by atoms with E-state index in [4.69, 9.17) is 17.3 Å². The van der Waals surface area contributed by atoms with E-state index in [0.717, 1.165) is 30.1 Å². The number of nitrogens with two attached hydrogens (primary N) is 1. The van der Waals surface area contributed by atoms with Crippen LogP contribution in [0.15, 0.2) is 24.3 Å². The number of carbonyl (C=O) groups excluding carboxylic acids is 1. The van der Waals surface area contributed by atoms with Gasteiger partial charge in [0.1, 0.15) is 0 Å². The van der Waals surface area contributed by atoms with Gasteiger partial charge in [-0.2, -0.15) is 0 Å². The topological polar surface area (TPSA) is 46.3 Å². The lowest BCUT2D eigenvalue weighted by molar-refractivity contribution is -0.122. The highest BCUT2D eigenvalue weighted by molar-refractivity contribution is 6.30. The molecular formula is C12H15ClN2O. The number of anilines is 1. The quantitative estimate of drug-likeness (QED) is 0.857. The number of hydrogen-bond donors (Lipinski definition) is 1. The zero-order valence-corrected chi connectivity index (χ0v) is 9.78. The maximum atomic E-state index is 11.2. The van der Waals surface area contributed by atoms with E-state index < -0.39 is 0 Å². The van der Waals surface area contributed by atoms with E-state index in [2.05, 4.69) is 4.90 Å². The third-order valence-electron chi connectivity index (χ3n) is 3.00. The Morgan fingerprint density at radius 3 is 3.00 bits per heavy atom. The van der Waals surface area contributed by atoms with E-state index in [-0.39, 0.29) is 11.8 Å². The van der Waals surface area contributed by atoms with Gasteiger partial charge in [-0.3, -0.25) is 4.79 Å². The average Bonchev–Trinajstić information content (AvgIpc) is 2.29. The third kappa shape index (κ3) is 2.47. The summed E-state index contributed by atoms with van der Waals surface area (Å²) in [4.78, 5) is 13.3. The van der Waals surface area contributed by atoms with Gasteiger partial charge in [-0.15, -0.1) is 0 Å². The minimum Gasteiger partial charge on any atom is -0.371 e. The Labute approximate surface area is 100 Å². The summed E-state index contributed by atoms with van der Waals surface area (Å²) in [6, 6.07) is 7.70. The fraction of sp³-hybridized carbons (Fsp3) is 0.417. The standard InChI is InChI=1S/C12H15ClN2O/c13-10-4-1-5-11(7-10)15-6-2-3-9(8-15)12(14)16/h1,4-5,7,9H,2-3,6,8H2,(H2,14,16). The lowest BCUT2D eigenvalue weighted by Crippen LogP contribution is -2.41. The first kappa shape index (κ1) is 11.3. The number of halogens is 1. The van der Waals surface area contributed by atoms with Crippen LogP contribution >= 0.6 is 11.6 Å². The third-order valence-corrected chi connectivity index (χ3v) is 3.23. The van der Waals surface area contributed by atoms with Crippen LogP contribution in [0.2, 0.25) is 5.02 Å². The number of carbonyl (C=O) groups is 1. The molecular weight excluding hydrogens is 224 g/mol. The molecule has 1 aliphatic rings. The van der Waals surface area contributed by atoms with E-state index in [1.807, 2.05) is 24.3 Å². The molecule has 2 rings (SSSR count). The molecule has 1 heterocycles. The van der Waals surface area contributed by atoms with E-state index in [9.17, 15) is 4.79 Å². The molecule has 1 saturated heterocycles. The lowest BCUT2D eigenvalue weighted by atomic mass is 9.97. The summed E-state index contributed by atoms with van der Waals surface area (Å²) in [7, 11) is 0. The molecule has 0 spiro atoms. The van der Waals surface area contributed by atoms with Crippen molar-refractivity contribution < 1.29 is 4.79 Å². The van der Waals surface area contributed by atoms with Crippen molar-refractivity contribution in [2.24, 2.45) is 11.7 Å². The summed E-state index contributed by atoms with van der Waals surface area (Å²) in [5, 5.41) is 0.721. The number of rotatable bonds is 2. The SMILES string of the molecule is NC(=O)C1CCCN(c2cccc(Cl)c2)C1. The van der Waals surface area contributed by atoms with E-state index >= 15 is 0 Å². The fourth-order valence-corrected chi connectivity index (χ4v) is 2.30. The molecule has 1 amide bonds. The molecule has 1 aromatic rings. The zero-order valence-electron chi connectivity index (χ0n) is 9.03. The number of amides is 1. The number of primary amides is 1. The minimum atomic E-state index is -0.202. The maximum Gasteiger partial charge on any atom is 0.222 e. The fourth-order valence-electron chi connectivity index (χ4n) is 2.12. The molecule has 1 unspecified atom stereocenters. The molecule has 86 valence electrons. The van der Waals surface area contributed by atoms with Crippen LogP contribution in [0.5, 0.6) is 0 Å². The molecule has 1 aliphatic heterocycles. The van der Waals surface area contributed by atoms with Crippen molar-refractivity contribution in [3.05, 3.63) is 29.3 Å². The van der Waals surface area contributed by atoms with Crippen molar-refractivity contribution >= 4 is 23.2 Å². The summed E-state index contributed by atoms with van der Waals surface area (Å²) in [6.45, 7) is 1.67. The van der Waals surface area contributed by atoms with Crippen LogP contribution in [0.3, 0.4) is 0 Å². The zero-order chi connectivity index (χ0) is 11.5. The number of piperidine rings is 1. The highest BCUT2D eigenvalue weighted by atomic mass is 35.5. The van der Waals surface area contributed by atoms with Crippen LogP contribution in [0.25, 0.3) is 0 Å². The van der Waals surface area contributed by atoms with Gasteiger partial charge in [0.2, 0.25) is 5.91 Å². The molecule has 0 aliphatic carbocycles. The molecule has 16 heavy (non-hydrogen) atoms. The van der Waals surface area contributed by atoms with Crippen molar-refractivity contribution in [2.45, 2.75) is 12.8 Å². The van der Waals surface area contributed by atoms with Gasteiger partial charge in [0.05, 0.1) is 5.92 Å². The van der Waals surface area contributed by atoms with Crippen LogP contribution < -0.4 is 10.6 Å². The van der Waals surface area contributed by atoms with Crippen molar-refractivity contribution in [3.63, 3.8) is 0 Å². The predicted molar refractivity (Wildman–Crippen MR) is 65.6 cm³/mol. The summed E-state index contributed by atoms with van der Waals surface area (Å²) in [5.41, 5.74) is 6.41. The molecule has 0 saturated carbocycles. The van der Waals surface area contributed by atoms with Crippen LogP contribution in [0.1, 0.15) is 12.8 Å². The molecule has 0 radical (unpaired) electrons. The number of benzene rings is 1. The Bertz CT molecular complexity index is 394. The molecule has 0 bridgehead atoms. The first-order chi connectivity index (χ1) is 7.66. The Kier molecular flexibility index (Phi) is 3.34. The second kappa shape index (κ2) is 4.74. The monoisotopic (exact) mass is 238 g/mol. The molecule has 4 heteroatoms. The van der Waals surface area contributed by atoms with Gasteiger partial charge < -0.3 is 10.6 Å². The highest BCUT2D eigenvalue weighted by Crippen LogP contribution is 2.25. The summed E-state index contributed by atoms with van der Waals surface area (Å²) < 4.78 is 0. The van der Waals surface area contributed by atoms with Crippen LogP contribution in [0, 0.1) is 5.92 Å². The van der Waals surface area contributed by atoms with E-state index in [1.165, 1.54) is 0 Å². The summed E-state index contributed by atoms with van der Waals surface area (Å²) in [6.07, 6.45) is 1.90. The lowest BCUT2D eigenvalue weighted by Gasteiger charge is -2.33. The van der Waals surface area contributed by atoms with Gasteiger partial charge in [0.15, 0.2) is 0 Å². The van der Waals surface area contributed by atoms with Gasteiger partial charge in [-0.1, -0.05) is 17.7 Å². The van der Waals surface area contributed by atoms with Gasteiger partial charge >= 0.3 is 0 Å². The number of hydrogen-bond acceptors (Lipinski definition) is 2. The van der Waals surface area contributed by atoms with Crippen molar-refractivity contribution in [1.82, 2.24) is 0 Å². The van der Waals surface area contributed by atoms with Gasteiger partial charge in [-0.25, -0.2) is 0 Å². The second-order valence-electron chi connectivity index (χ2n) is 4.17. The molecule has 1 atom stereocenters. The van der Waals surface area contributed by atoms with Crippen LogP contribution in [-0.2, 0) is 4.79 Å². The van der Waals surface area contributed by atoms with Crippen LogP contribution in [-0.4, -0.2) is 19.0 Å². The van der Waals surface area contributed by atoms with Gasteiger partial charge in [0.25, 0.3) is 0 Å². The first-order valence-corrected chi connectivity index (χ1v) is 5.84. The Morgan fingerprint density at radius 1 is 1.50 bits per heavy atom. The van der Waals surface area contributed by atoms with Crippen molar-refractivity contribution in [1.29, 1.82) is 0 Å². The smallest absolute Gasteiger partial charge is 0.222 e. The molecule has 3 nitrogen and oxygen atoms in total. The molecule has 2 N–H and O–H groups in total. The highest BCUT2D eigenvalue weighted by Gasteiger charge is 2.23. The van der Waals surface area contributed by atoms with Gasteiger partial charge in [0, 0.05) is 23.8 Å². The first-order valence-electron chi connectivity index (χ1n) is 5.46. The normalized spacial score (nSPS) is 20.8. The van der Waals surface area contributed by atoms with Crippen LogP contribution in [0.4, 0.5) is 5.69 Å². The summed E-state index contributed by atoms with van der Waals surface area (Å²) in [5.74, 6) is -0.237. The van der Waals surface area contributed by atoms with Crippen molar-refractivity contribution in [3.8, 4) is 0 Å². The maximum absolute atomic E-state index is 11.2. The number of nitrogens with zero attached hydrogens (tertiary/aromatic N) is 1. The molecule has 1 aromatic carbocycles. The van der Waals surface area contributed by atoms with E-state index in [0.29, 0.717) is 6.54 Å². The average molecular weight is 239 g/mol. The second-order valence-corrected chi connectivity index (χ2v) is 4.60. The minimum absolute atomic E-state index is 0.0345. The largest absolute Gasteiger partial charge is 0.371 e. The predicted octanol–water partition coefficient (Wildman–Crippen LogP) is 2.04. The van der Waals surface area contributed by atoms with E-state index in [1.54, 1.807) is 0 Å².